The van der Waals surface area contributed by atoms with Crippen LogP contribution in [0.1, 0.15) is 49.9 Å². The number of hydrogen-bond donors (Lipinski definition) is 2. The number of fused-ring (bicyclic) bond motifs is 3. The summed E-state index contributed by atoms with van der Waals surface area (Å²) in [7, 11) is 0. The van der Waals surface area contributed by atoms with Crippen LogP contribution in [0.5, 0.6) is 0 Å². The Morgan fingerprint density at radius 2 is 2.12 bits per heavy atom. The summed E-state index contributed by atoms with van der Waals surface area (Å²) >= 11 is 0. The van der Waals surface area contributed by atoms with E-state index in [-0.39, 0.29) is 17.9 Å². The molecule has 5 rings (SSSR count). The molecule has 0 amide bonds. The molecule has 1 aromatic carbocycles. The number of piperidine rings is 1. The molecule has 0 bridgehead atoms. The molecule has 0 unspecified atom stereocenters. The maximum Gasteiger partial charge on any atom is 0.357 e. The van der Waals surface area contributed by atoms with Gasteiger partial charge in [0.05, 0.1) is 11.6 Å². The fourth-order valence-electron chi connectivity index (χ4n) is 5.94. The number of aliphatic hydroxyl groups is 1. The Morgan fingerprint density at radius 1 is 1.32 bits per heavy atom. The molecule has 1 aromatic heterocycles. The minimum absolute atomic E-state index is 0.162. The van der Waals surface area contributed by atoms with Crippen molar-refractivity contribution < 1.29 is 15.0 Å². The molecule has 0 saturated carbocycles. The van der Waals surface area contributed by atoms with Crippen LogP contribution in [0.15, 0.2) is 24.3 Å². The molecule has 2 N–H and O–H groups in total. The Hall–Kier alpha value is -1.85. The van der Waals surface area contributed by atoms with E-state index in [1.807, 2.05) is 18.2 Å². The number of nitrogens with zero attached hydrogens (tertiary/aromatic N) is 2. The zero-order chi connectivity index (χ0) is 17.4. The predicted molar refractivity (Wildman–Crippen MR) is 94.4 cm³/mol. The number of hydrogen-bond acceptors (Lipinski definition) is 3. The van der Waals surface area contributed by atoms with Crippen LogP contribution in [0.4, 0.5) is 0 Å². The van der Waals surface area contributed by atoms with E-state index in [0.717, 1.165) is 55.4 Å². The molecule has 5 nitrogen and oxygen atoms in total. The highest BCUT2D eigenvalue weighted by molar-refractivity contribution is 5.89. The van der Waals surface area contributed by atoms with Gasteiger partial charge in [-0.3, -0.25) is 4.90 Å². The molecule has 3 aliphatic heterocycles. The van der Waals surface area contributed by atoms with E-state index in [2.05, 4.69) is 17.9 Å². The van der Waals surface area contributed by atoms with Gasteiger partial charge in [-0.1, -0.05) is 25.1 Å². The average molecular weight is 340 g/mol. The van der Waals surface area contributed by atoms with Crippen LogP contribution in [0.25, 0.3) is 10.9 Å². The van der Waals surface area contributed by atoms with Gasteiger partial charge in [0.25, 0.3) is 0 Å². The molecular formula is C20H24N2O3. The van der Waals surface area contributed by atoms with Gasteiger partial charge < -0.3 is 14.8 Å². The van der Waals surface area contributed by atoms with Crippen LogP contribution in [0, 0.1) is 5.41 Å². The summed E-state index contributed by atoms with van der Waals surface area (Å²) in [5, 5.41) is 22.5. The van der Waals surface area contributed by atoms with Crippen LogP contribution in [0.2, 0.25) is 0 Å². The maximum absolute atomic E-state index is 12.2. The van der Waals surface area contributed by atoms with Gasteiger partial charge in [-0.25, -0.2) is 4.79 Å². The van der Waals surface area contributed by atoms with E-state index in [0.29, 0.717) is 0 Å². The van der Waals surface area contributed by atoms with Gasteiger partial charge >= 0.3 is 5.97 Å². The lowest BCUT2D eigenvalue weighted by molar-refractivity contribution is -0.190. The highest BCUT2D eigenvalue weighted by atomic mass is 16.4. The van der Waals surface area contributed by atoms with Crippen molar-refractivity contribution in [2.24, 2.45) is 5.41 Å². The van der Waals surface area contributed by atoms with Crippen molar-refractivity contribution in [1.82, 2.24) is 9.47 Å². The second kappa shape index (κ2) is 4.86. The van der Waals surface area contributed by atoms with Gasteiger partial charge in [-0.2, -0.15) is 0 Å². The second-order valence-corrected chi connectivity index (χ2v) is 8.02. The molecule has 0 spiro atoms. The SMILES string of the molecule is CC[C@]12CCCN3CCc4c(n(c5ccccc45)[C@](O)(C(=O)O)C1)[C@@H]32. The minimum Gasteiger partial charge on any atom is -0.478 e. The van der Waals surface area contributed by atoms with Gasteiger partial charge in [0.1, 0.15) is 0 Å². The normalized spacial score (nSPS) is 34.1. The van der Waals surface area contributed by atoms with Crippen LogP contribution in [-0.4, -0.2) is 38.7 Å². The van der Waals surface area contributed by atoms with Gasteiger partial charge in [0.15, 0.2) is 0 Å². The molecule has 3 atom stereocenters. The lowest BCUT2D eigenvalue weighted by Crippen LogP contribution is -2.59. The maximum atomic E-state index is 12.2. The number of benzene rings is 1. The van der Waals surface area contributed by atoms with E-state index in [1.54, 1.807) is 4.57 Å². The predicted octanol–water partition coefficient (Wildman–Crippen LogP) is 2.86. The van der Waals surface area contributed by atoms with Crippen molar-refractivity contribution in [2.45, 2.75) is 50.8 Å². The molecular weight excluding hydrogens is 316 g/mol. The molecule has 3 aliphatic rings. The molecule has 5 heteroatoms. The van der Waals surface area contributed by atoms with Crippen molar-refractivity contribution in [3.05, 3.63) is 35.5 Å². The largest absolute Gasteiger partial charge is 0.478 e. The summed E-state index contributed by atoms with van der Waals surface area (Å²) in [5.74, 6) is -1.13. The lowest BCUT2D eigenvalue weighted by atomic mass is 9.62. The number of aliphatic carboxylic acids is 1. The van der Waals surface area contributed by atoms with E-state index in [1.165, 1.54) is 5.56 Å². The number of carboxylic acids is 1. The Bertz CT molecular complexity index is 888. The Balaban J connectivity index is 1.91. The number of aromatic nitrogens is 1. The lowest BCUT2D eigenvalue weighted by Gasteiger charge is -2.57. The smallest absolute Gasteiger partial charge is 0.357 e. The van der Waals surface area contributed by atoms with E-state index >= 15 is 0 Å². The molecule has 132 valence electrons. The topological polar surface area (TPSA) is 65.7 Å². The van der Waals surface area contributed by atoms with E-state index in [9.17, 15) is 15.0 Å². The second-order valence-electron chi connectivity index (χ2n) is 8.02. The van der Waals surface area contributed by atoms with Crippen molar-refractivity contribution in [2.75, 3.05) is 13.1 Å². The fraction of sp³-hybridized carbons (Fsp3) is 0.550. The third-order valence-corrected chi connectivity index (χ3v) is 7.01. The first kappa shape index (κ1) is 15.4. The summed E-state index contributed by atoms with van der Waals surface area (Å²) in [6.45, 7) is 4.25. The summed E-state index contributed by atoms with van der Waals surface area (Å²) in [6, 6.07) is 8.19. The fourth-order valence-corrected chi connectivity index (χ4v) is 5.94. The molecule has 25 heavy (non-hydrogen) atoms. The monoisotopic (exact) mass is 340 g/mol. The van der Waals surface area contributed by atoms with Gasteiger partial charge in [-0.05, 0) is 49.3 Å². The van der Waals surface area contributed by atoms with Crippen LogP contribution in [-0.2, 0) is 16.9 Å². The van der Waals surface area contributed by atoms with Crippen molar-refractivity contribution in [1.29, 1.82) is 0 Å². The summed E-state index contributed by atoms with van der Waals surface area (Å²) < 4.78 is 1.76. The zero-order valence-electron chi connectivity index (χ0n) is 14.5. The molecule has 1 saturated heterocycles. The van der Waals surface area contributed by atoms with Crippen molar-refractivity contribution in [3.8, 4) is 0 Å². The van der Waals surface area contributed by atoms with Crippen LogP contribution >= 0.6 is 0 Å². The summed E-state index contributed by atoms with van der Waals surface area (Å²) in [4.78, 5) is 14.8. The molecule has 2 aromatic rings. The standard InChI is InChI=1S/C20H24N2O3/c1-2-19-9-5-10-21-11-8-14-13-6-3-4-7-15(13)22(16(14)17(19)21)20(25,12-19)18(23)24/h3-4,6-7,17,25H,2,5,8-12H2,1H3,(H,23,24)/t17-,19+,20-/m1/s1. The highest BCUT2D eigenvalue weighted by Crippen LogP contribution is 2.60. The first-order chi connectivity index (χ1) is 12.0. The van der Waals surface area contributed by atoms with E-state index in [4.69, 9.17) is 0 Å². The van der Waals surface area contributed by atoms with Crippen molar-refractivity contribution in [3.63, 3.8) is 0 Å². The summed E-state index contributed by atoms with van der Waals surface area (Å²) in [5.41, 5.74) is 1.14. The Labute approximate surface area is 146 Å². The molecule has 4 heterocycles. The summed E-state index contributed by atoms with van der Waals surface area (Å²) in [6.07, 6.45) is 4.18. The quantitative estimate of drug-likeness (QED) is 0.882. The minimum atomic E-state index is -1.86. The third kappa shape index (κ3) is 1.73. The van der Waals surface area contributed by atoms with Crippen LogP contribution < -0.4 is 0 Å². The first-order valence-electron chi connectivity index (χ1n) is 9.34. The molecule has 0 radical (unpaired) electrons. The molecule has 0 aliphatic carbocycles. The average Bonchev–Trinajstić information content (AvgIpc) is 2.96. The van der Waals surface area contributed by atoms with Gasteiger partial charge in [-0.15, -0.1) is 0 Å². The van der Waals surface area contributed by atoms with E-state index < -0.39 is 11.7 Å². The molecule has 1 fully saturated rings. The third-order valence-electron chi connectivity index (χ3n) is 7.01. The number of carbonyl (C=O) groups is 1. The number of rotatable bonds is 2. The number of para-hydroxylation sites is 1. The Kier molecular flexibility index (Phi) is 3.00. The first-order valence-corrected chi connectivity index (χ1v) is 9.34. The van der Waals surface area contributed by atoms with Gasteiger partial charge in [0.2, 0.25) is 5.72 Å². The zero-order valence-corrected chi connectivity index (χ0v) is 14.5. The highest BCUT2D eigenvalue weighted by Gasteiger charge is 2.59. The number of carboxylic acid groups (broad SMARTS) is 1. The van der Waals surface area contributed by atoms with Crippen molar-refractivity contribution >= 4 is 16.9 Å². The van der Waals surface area contributed by atoms with Crippen LogP contribution in [0.3, 0.4) is 0 Å². The van der Waals surface area contributed by atoms with Gasteiger partial charge in [0, 0.05) is 24.0 Å². The Morgan fingerprint density at radius 3 is 2.88 bits per heavy atom.